The van der Waals surface area contributed by atoms with Gasteiger partial charge in [0.05, 0.1) is 25.4 Å². The van der Waals surface area contributed by atoms with Gasteiger partial charge in [0.1, 0.15) is 0 Å². The fraction of sp³-hybridized carbons (Fsp3) is 1.00. The van der Waals surface area contributed by atoms with Crippen LogP contribution in [-0.2, 0) is 4.74 Å². The third kappa shape index (κ3) is 1.43. The summed E-state index contributed by atoms with van der Waals surface area (Å²) in [4.78, 5) is 0. The van der Waals surface area contributed by atoms with Gasteiger partial charge in [0, 0.05) is 6.42 Å². The molecule has 1 heterocycles. The fourth-order valence-corrected chi connectivity index (χ4v) is 0.790. The van der Waals surface area contributed by atoms with E-state index in [1.807, 2.05) is 0 Å². The Morgan fingerprint density at radius 2 is 1.62 bits per heavy atom. The number of ether oxygens (including phenoxy) is 1. The van der Waals surface area contributed by atoms with Crippen LogP contribution < -0.4 is 0 Å². The molecule has 1 saturated heterocycles. The van der Waals surface area contributed by atoms with Crippen LogP contribution in [0.4, 0.5) is 0 Å². The maximum absolute atomic E-state index is 8.79. The van der Waals surface area contributed by atoms with Gasteiger partial charge in [-0.2, -0.15) is 0 Å². The summed E-state index contributed by atoms with van der Waals surface area (Å²) in [7, 11) is 0. The smallest absolute Gasteiger partial charge is 0.0799 e. The third-order valence-electron chi connectivity index (χ3n) is 1.16. The highest BCUT2D eigenvalue weighted by molar-refractivity contribution is 4.66. The van der Waals surface area contributed by atoms with Crippen LogP contribution in [0.15, 0.2) is 0 Å². The first-order valence-electron chi connectivity index (χ1n) is 2.73. The molecule has 0 spiro atoms. The van der Waals surface area contributed by atoms with Crippen LogP contribution in [0.5, 0.6) is 0 Å². The van der Waals surface area contributed by atoms with Crippen molar-refractivity contribution in [2.75, 3.05) is 13.2 Å². The van der Waals surface area contributed by atoms with Crippen molar-refractivity contribution >= 4 is 0 Å². The van der Waals surface area contributed by atoms with E-state index >= 15 is 0 Å². The van der Waals surface area contributed by atoms with Crippen molar-refractivity contribution in [3.8, 4) is 0 Å². The summed E-state index contributed by atoms with van der Waals surface area (Å²) >= 11 is 0. The van der Waals surface area contributed by atoms with Crippen LogP contribution in [0, 0.1) is 0 Å². The van der Waals surface area contributed by atoms with Gasteiger partial charge in [-0.25, -0.2) is 0 Å². The van der Waals surface area contributed by atoms with E-state index in [9.17, 15) is 0 Å². The predicted molar refractivity (Wildman–Crippen MR) is 27.4 cm³/mol. The molecule has 1 rings (SSSR count). The van der Waals surface area contributed by atoms with Gasteiger partial charge < -0.3 is 14.9 Å². The molecule has 0 aromatic rings. The number of rotatable bonds is 0. The lowest BCUT2D eigenvalue weighted by Gasteiger charge is -2.21. The first-order valence-corrected chi connectivity index (χ1v) is 2.73. The highest BCUT2D eigenvalue weighted by atomic mass is 16.5. The summed E-state index contributed by atoms with van der Waals surface area (Å²) in [5.41, 5.74) is 0. The summed E-state index contributed by atoms with van der Waals surface area (Å²) in [5, 5.41) is 17.6. The highest BCUT2D eigenvalue weighted by Crippen LogP contribution is 2.05. The summed E-state index contributed by atoms with van der Waals surface area (Å²) in [5.74, 6) is 0. The van der Waals surface area contributed by atoms with E-state index in [1.54, 1.807) is 0 Å². The third-order valence-corrected chi connectivity index (χ3v) is 1.16. The summed E-state index contributed by atoms with van der Waals surface area (Å²) in [6.45, 7) is 0.744. The molecule has 0 aromatic heterocycles. The Morgan fingerprint density at radius 3 is 1.88 bits per heavy atom. The lowest BCUT2D eigenvalue weighted by Crippen LogP contribution is -2.32. The van der Waals surface area contributed by atoms with Crippen LogP contribution in [0.25, 0.3) is 0 Å². The standard InChI is InChI=1S/C5H10O3/c6-4-1-5(7)3-8-2-4/h4-7H,1-3H2/t4-,5?/m1/s1. The van der Waals surface area contributed by atoms with Gasteiger partial charge in [-0.05, 0) is 0 Å². The topological polar surface area (TPSA) is 49.7 Å². The second kappa shape index (κ2) is 2.44. The van der Waals surface area contributed by atoms with Gasteiger partial charge in [-0.1, -0.05) is 0 Å². The van der Waals surface area contributed by atoms with Crippen molar-refractivity contribution in [3.63, 3.8) is 0 Å². The first kappa shape index (κ1) is 6.01. The molecule has 1 fully saturated rings. The monoisotopic (exact) mass is 118 g/mol. The maximum Gasteiger partial charge on any atom is 0.0799 e. The number of hydrogen-bond acceptors (Lipinski definition) is 3. The summed E-state index contributed by atoms with van der Waals surface area (Å²) in [6.07, 6.45) is -0.461. The second-order valence-electron chi connectivity index (χ2n) is 2.08. The van der Waals surface area contributed by atoms with E-state index in [-0.39, 0.29) is 0 Å². The Bertz CT molecular complexity index is 66.1. The summed E-state index contributed by atoms with van der Waals surface area (Å²) in [6, 6.07) is 0. The van der Waals surface area contributed by atoms with Gasteiger partial charge in [0.15, 0.2) is 0 Å². The van der Waals surface area contributed by atoms with Gasteiger partial charge in [-0.15, -0.1) is 0 Å². The lowest BCUT2D eigenvalue weighted by molar-refractivity contribution is -0.0714. The zero-order valence-electron chi connectivity index (χ0n) is 4.58. The van der Waals surface area contributed by atoms with Crippen molar-refractivity contribution in [2.45, 2.75) is 18.6 Å². The molecular formula is C5H10O3. The minimum absolute atomic E-state index is 0.372. The van der Waals surface area contributed by atoms with E-state index in [0.29, 0.717) is 19.6 Å². The normalized spacial score (nSPS) is 39.8. The lowest BCUT2D eigenvalue weighted by atomic mass is 10.1. The molecule has 1 unspecified atom stereocenters. The molecule has 1 aliphatic heterocycles. The van der Waals surface area contributed by atoms with E-state index in [2.05, 4.69) is 0 Å². The average molecular weight is 118 g/mol. The van der Waals surface area contributed by atoms with Crippen molar-refractivity contribution in [2.24, 2.45) is 0 Å². The predicted octanol–water partition coefficient (Wildman–Crippen LogP) is -0.872. The fourth-order valence-electron chi connectivity index (χ4n) is 0.790. The first-order chi connectivity index (χ1) is 3.79. The van der Waals surface area contributed by atoms with E-state index in [0.717, 1.165) is 0 Å². The molecular weight excluding hydrogens is 108 g/mol. The van der Waals surface area contributed by atoms with Crippen LogP contribution >= 0.6 is 0 Å². The molecule has 1 aliphatic rings. The van der Waals surface area contributed by atoms with Gasteiger partial charge >= 0.3 is 0 Å². The van der Waals surface area contributed by atoms with Gasteiger partial charge in [0.25, 0.3) is 0 Å². The number of aliphatic hydroxyl groups is 2. The van der Waals surface area contributed by atoms with Gasteiger partial charge in [0.2, 0.25) is 0 Å². The molecule has 0 saturated carbocycles. The van der Waals surface area contributed by atoms with Gasteiger partial charge in [-0.3, -0.25) is 0 Å². The second-order valence-corrected chi connectivity index (χ2v) is 2.08. The van der Waals surface area contributed by atoms with Crippen LogP contribution in [0.3, 0.4) is 0 Å². The van der Waals surface area contributed by atoms with Crippen molar-refractivity contribution in [1.82, 2.24) is 0 Å². The highest BCUT2D eigenvalue weighted by Gasteiger charge is 2.17. The average Bonchev–Trinajstić information content (AvgIpc) is 1.64. The molecule has 3 heteroatoms. The Morgan fingerprint density at radius 1 is 1.12 bits per heavy atom. The molecule has 0 amide bonds. The minimum Gasteiger partial charge on any atom is -0.391 e. The molecule has 0 bridgehead atoms. The van der Waals surface area contributed by atoms with Crippen molar-refractivity contribution in [1.29, 1.82) is 0 Å². The quantitative estimate of drug-likeness (QED) is 0.434. The molecule has 0 aromatic carbocycles. The Kier molecular flexibility index (Phi) is 1.83. The van der Waals surface area contributed by atoms with Crippen LogP contribution in [-0.4, -0.2) is 35.6 Å². The molecule has 48 valence electrons. The van der Waals surface area contributed by atoms with Crippen molar-refractivity contribution < 1.29 is 14.9 Å². The SMILES string of the molecule is OC1COC[C@H](O)C1. The Balaban J connectivity index is 2.23. The van der Waals surface area contributed by atoms with E-state index in [4.69, 9.17) is 14.9 Å². The van der Waals surface area contributed by atoms with Crippen molar-refractivity contribution in [3.05, 3.63) is 0 Å². The summed E-state index contributed by atoms with van der Waals surface area (Å²) < 4.78 is 4.79. The molecule has 0 aliphatic carbocycles. The Hall–Kier alpha value is -0.120. The molecule has 2 atom stereocenters. The number of aliphatic hydroxyl groups excluding tert-OH is 2. The van der Waals surface area contributed by atoms with E-state index < -0.39 is 12.2 Å². The maximum atomic E-state index is 8.79. The zero-order chi connectivity index (χ0) is 5.98. The van der Waals surface area contributed by atoms with Crippen LogP contribution in [0.2, 0.25) is 0 Å². The largest absolute Gasteiger partial charge is 0.391 e. The molecule has 0 radical (unpaired) electrons. The minimum atomic E-state index is -0.459. The molecule has 8 heavy (non-hydrogen) atoms. The zero-order valence-corrected chi connectivity index (χ0v) is 4.58. The molecule has 2 N–H and O–H groups in total. The Labute approximate surface area is 47.9 Å². The van der Waals surface area contributed by atoms with E-state index in [1.165, 1.54) is 0 Å². The van der Waals surface area contributed by atoms with Crippen LogP contribution in [0.1, 0.15) is 6.42 Å². The number of hydrogen-bond donors (Lipinski definition) is 2. The molecule has 3 nitrogen and oxygen atoms in total.